The summed E-state index contributed by atoms with van der Waals surface area (Å²) in [6.45, 7) is 6.57. The Bertz CT molecular complexity index is 378. The van der Waals surface area contributed by atoms with Gasteiger partial charge in [-0.1, -0.05) is 0 Å². The molecule has 1 aromatic heterocycles. The predicted molar refractivity (Wildman–Crippen MR) is 70.7 cm³/mol. The van der Waals surface area contributed by atoms with Gasteiger partial charge in [0.05, 0.1) is 25.4 Å². The summed E-state index contributed by atoms with van der Waals surface area (Å²) < 4.78 is 7.17. The summed E-state index contributed by atoms with van der Waals surface area (Å²) in [5.74, 6) is 0.874. The van der Waals surface area contributed by atoms with Gasteiger partial charge in [-0.3, -0.25) is 4.90 Å². The van der Waals surface area contributed by atoms with Gasteiger partial charge in [-0.15, -0.1) is 10.2 Å². The minimum atomic E-state index is -0.381. The van der Waals surface area contributed by atoms with Crippen LogP contribution in [0.1, 0.15) is 18.8 Å². The van der Waals surface area contributed by atoms with E-state index in [1.807, 2.05) is 18.5 Å². The third-order valence-corrected chi connectivity index (χ3v) is 3.37. The number of aromatic nitrogens is 3. The number of aliphatic hydroxyl groups excluding tert-OH is 1. The summed E-state index contributed by atoms with van der Waals surface area (Å²) in [5, 5.41) is 21.2. The first kappa shape index (κ1) is 14.4. The van der Waals surface area contributed by atoms with Crippen LogP contribution in [0.15, 0.2) is 6.33 Å². The molecule has 108 valence electrons. The lowest BCUT2D eigenvalue weighted by atomic mass is 10.2. The lowest BCUT2D eigenvalue weighted by Crippen LogP contribution is -2.44. The quantitative estimate of drug-likeness (QED) is 0.701. The molecule has 1 aromatic rings. The number of aliphatic hydroxyl groups is 1. The Labute approximate surface area is 113 Å². The van der Waals surface area contributed by atoms with Gasteiger partial charge in [0.25, 0.3) is 0 Å². The fourth-order valence-electron chi connectivity index (χ4n) is 2.23. The molecule has 0 amide bonds. The largest absolute Gasteiger partial charge is 0.390 e. The Morgan fingerprint density at radius 3 is 2.84 bits per heavy atom. The van der Waals surface area contributed by atoms with Gasteiger partial charge < -0.3 is 19.7 Å². The van der Waals surface area contributed by atoms with Crippen LogP contribution in [0, 0.1) is 0 Å². The summed E-state index contributed by atoms with van der Waals surface area (Å²) >= 11 is 0. The molecule has 2 heterocycles. The number of nitrogens with zero attached hydrogens (tertiary/aromatic N) is 4. The molecule has 1 aliphatic rings. The zero-order valence-corrected chi connectivity index (χ0v) is 11.6. The second-order valence-corrected chi connectivity index (χ2v) is 5.00. The van der Waals surface area contributed by atoms with Crippen LogP contribution >= 0.6 is 0 Å². The van der Waals surface area contributed by atoms with E-state index < -0.39 is 0 Å². The topological polar surface area (TPSA) is 75.4 Å². The molecule has 2 rings (SSSR count). The van der Waals surface area contributed by atoms with Crippen molar-refractivity contribution >= 4 is 0 Å². The van der Waals surface area contributed by atoms with Crippen molar-refractivity contribution < 1.29 is 9.84 Å². The molecule has 7 heteroatoms. The summed E-state index contributed by atoms with van der Waals surface area (Å²) in [5.41, 5.74) is 0. The fraction of sp³-hybridized carbons (Fsp3) is 0.833. The number of nitrogens with one attached hydrogen (secondary N) is 1. The molecular weight excluding hydrogens is 246 g/mol. The van der Waals surface area contributed by atoms with Crippen LogP contribution in [-0.4, -0.2) is 70.3 Å². The Hall–Kier alpha value is -1.02. The second-order valence-electron chi connectivity index (χ2n) is 5.00. The van der Waals surface area contributed by atoms with E-state index in [0.717, 1.165) is 32.1 Å². The second kappa shape index (κ2) is 6.95. The molecule has 7 nitrogen and oxygen atoms in total. The molecule has 2 N–H and O–H groups in total. The number of ether oxygens (including phenoxy) is 1. The van der Waals surface area contributed by atoms with E-state index in [4.69, 9.17) is 4.74 Å². The third kappa shape index (κ3) is 4.24. The minimum Gasteiger partial charge on any atom is -0.390 e. The van der Waals surface area contributed by atoms with Crippen LogP contribution in [-0.2, 0) is 11.8 Å². The Morgan fingerprint density at radius 2 is 2.21 bits per heavy atom. The molecule has 2 atom stereocenters. The molecule has 0 saturated carbocycles. The molecular formula is C12H23N5O2. The van der Waals surface area contributed by atoms with Crippen LogP contribution in [0.3, 0.4) is 0 Å². The average molecular weight is 269 g/mol. The highest BCUT2D eigenvalue weighted by Crippen LogP contribution is 2.07. The smallest absolute Gasteiger partial charge is 0.149 e. The van der Waals surface area contributed by atoms with Crippen LogP contribution in [0.4, 0.5) is 0 Å². The number of hydrogen-bond acceptors (Lipinski definition) is 6. The lowest BCUT2D eigenvalue weighted by Gasteiger charge is -2.29. The van der Waals surface area contributed by atoms with Crippen molar-refractivity contribution in [1.82, 2.24) is 25.0 Å². The Morgan fingerprint density at radius 1 is 1.47 bits per heavy atom. The average Bonchev–Trinajstić information content (AvgIpc) is 2.83. The highest BCUT2D eigenvalue weighted by atomic mass is 16.5. The lowest BCUT2D eigenvalue weighted by molar-refractivity contribution is 0.0145. The van der Waals surface area contributed by atoms with Gasteiger partial charge in [-0.2, -0.15) is 0 Å². The fourth-order valence-corrected chi connectivity index (χ4v) is 2.23. The normalized spacial score (nSPS) is 20.4. The SMILES string of the molecule is CC(NCC(O)CN1CCOCC1)c1nncn1C. The summed E-state index contributed by atoms with van der Waals surface area (Å²) in [6, 6.07) is 0.0758. The highest BCUT2D eigenvalue weighted by Gasteiger charge is 2.16. The van der Waals surface area contributed by atoms with Crippen LogP contribution < -0.4 is 5.32 Å². The molecule has 0 radical (unpaired) electrons. The van der Waals surface area contributed by atoms with Gasteiger partial charge in [0.2, 0.25) is 0 Å². The molecule has 1 aliphatic heterocycles. The number of morpholine rings is 1. The van der Waals surface area contributed by atoms with E-state index in [1.165, 1.54) is 0 Å². The highest BCUT2D eigenvalue weighted by molar-refractivity contribution is 4.92. The molecule has 0 spiro atoms. The third-order valence-electron chi connectivity index (χ3n) is 3.37. The molecule has 0 bridgehead atoms. The maximum atomic E-state index is 10.0. The van der Waals surface area contributed by atoms with Crippen molar-refractivity contribution in [2.75, 3.05) is 39.4 Å². The van der Waals surface area contributed by atoms with Crippen LogP contribution in [0.2, 0.25) is 0 Å². The summed E-state index contributed by atoms with van der Waals surface area (Å²) in [6.07, 6.45) is 1.30. The van der Waals surface area contributed by atoms with Gasteiger partial charge in [0.1, 0.15) is 12.2 Å². The van der Waals surface area contributed by atoms with E-state index in [2.05, 4.69) is 20.4 Å². The molecule has 0 aliphatic carbocycles. The zero-order valence-electron chi connectivity index (χ0n) is 11.6. The summed E-state index contributed by atoms with van der Waals surface area (Å²) in [7, 11) is 1.91. The van der Waals surface area contributed by atoms with Gasteiger partial charge in [0.15, 0.2) is 0 Å². The first-order valence-electron chi connectivity index (χ1n) is 6.72. The number of β-amino-alcohol motifs (C(OH)–C–C–N with tert-alkyl or cyclic N) is 1. The number of rotatable bonds is 6. The van der Waals surface area contributed by atoms with Gasteiger partial charge in [-0.05, 0) is 6.92 Å². The van der Waals surface area contributed by atoms with Crippen LogP contribution in [0.25, 0.3) is 0 Å². The van der Waals surface area contributed by atoms with Crippen molar-refractivity contribution in [2.45, 2.75) is 19.1 Å². The zero-order chi connectivity index (χ0) is 13.7. The maximum Gasteiger partial charge on any atom is 0.149 e. The molecule has 1 fully saturated rings. The molecule has 0 aromatic carbocycles. The molecule has 19 heavy (non-hydrogen) atoms. The van der Waals surface area contributed by atoms with Crippen molar-refractivity contribution in [3.05, 3.63) is 12.2 Å². The van der Waals surface area contributed by atoms with Crippen LogP contribution in [0.5, 0.6) is 0 Å². The first-order chi connectivity index (χ1) is 9.16. The van der Waals surface area contributed by atoms with Gasteiger partial charge >= 0.3 is 0 Å². The maximum absolute atomic E-state index is 10.0. The minimum absolute atomic E-state index is 0.0758. The Kier molecular flexibility index (Phi) is 5.26. The van der Waals surface area contributed by atoms with E-state index in [9.17, 15) is 5.11 Å². The van der Waals surface area contributed by atoms with Gasteiger partial charge in [-0.25, -0.2) is 0 Å². The first-order valence-corrected chi connectivity index (χ1v) is 6.72. The number of hydrogen-bond donors (Lipinski definition) is 2. The summed E-state index contributed by atoms with van der Waals surface area (Å²) in [4.78, 5) is 2.23. The molecule has 1 saturated heterocycles. The predicted octanol–water partition coefficient (Wildman–Crippen LogP) is -0.841. The number of aryl methyl sites for hydroxylation is 1. The van der Waals surface area contributed by atoms with E-state index in [1.54, 1.807) is 6.33 Å². The van der Waals surface area contributed by atoms with E-state index in [-0.39, 0.29) is 12.1 Å². The standard InChI is InChI=1S/C12H23N5O2/c1-10(12-15-14-9-16(12)2)13-7-11(18)8-17-3-5-19-6-4-17/h9-11,13,18H,3-8H2,1-2H3. The van der Waals surface area contributed by atoms with E-state index in [0.29, 0.717) is 13.1 Å². The van der Waals surface area contributed by atoms with Gasteiger partial charge in [0, 0.05) is 33.2 Å². The van der Waals surface area contributed by atoms with Crippen molar-refractivity contribution in [2.24, 2.45) is 7.05 Å². The van der Waals surface area contributed by atoms with Crippen molar-refractivity contribution in [3.8, 4) is 0 Å². The Balaban J connectivity index is 1.71. The van der Waals surface area contributed by atoms with Crippen molar-refractivity contribution in [1.29, 1.82) is 0 Å². The monoisotopic (exact) mass is 269 g/mol. The van der Waals surface area contributed by atoms with Crippen molar-refractivity contribution in [3.63, 3.8) is 0 Å². The van der Waals surface area contributed by atoms with E-state index >= 15 is 0 Å². The molecule has 2 unspecified atom stereocenters.